The predicted octanol–water partition coefficient (Wildman–Crippen LogP) is -1.09. The van der Waals surface area contributed by atoms with Gasteiger partial charge in [0.1, 0.15) is 0 Å². The minimum atomic E-state index is -0.440. The van der Waals surface area contributed by atoms with Crippen molar-refractivity contribution in [3.8, 4) is 0 Å². The maximum absolute atomic E-state index is 11.7. The molecule has 0 atom stereocenters. The molecule has 0 saturated carbocycles. The third kappa shape index (κ3) is 5.13. The molecule has 1 aliphatic heterocycles. The van der Waals surface area contributed by atoms with Gasteiger partial charge in [0.15, 0.2) is 0 Å². The van der Waals surface area contributed by atoms with E-state index in [0.29, 0.717) is 26.3 Å². The maximum Gasteiger partial charge on any atom is 0.306 e. The molecule has 1 fully saturated rings. The van der Waals surface area contributed by atoms with E-state index in [1.807, 2.05) is 0 Å². The highest BCUT2D eigenvalue weighted by atomic mass is 16.5. The number of carbonyl (C=O) groups excluding carboxylic acids is 3. The molecule has 1 N–H and O–H groups in total. The second kappa shape index (κ2) is 7.65. The molecule has 0 aromatic carbocycles. The van der Waals surface area contributed by atoms with Gasteiger partial charge in [0.25, 0.3) is 0 Å². The molecule has 18 heavy (non-hydrogen) atoms. The normalized spacial score (nSPS) is 15.1. The fraction of sp³-hybridized carbons (Fsp3) is 0.727. The van der Waals surface area contributed by atoms with E-state index in [0.717, 1.165) is 0 Å². The van der Waals surface area contributed by atoms with Gasteiger partial charge in [-0.2, -0.15) is 0 Å². The number of carbonyl (C=O) groups is 3. The molecule has 2 amide bonds. The van der Waals surface area contributed by atoms with E-state index in [4.69, 9.17) is 4.74 Å². The Morgan fingerprint density at radius 3 is 2.50 bits per heavy atom. The summed E-state index contributed by atoms with van der Waals surface area (Å²) in [5.41, 5.74) is 0. The summed E-state index contributed by atoms with van der Waals surface area (Å²) in [7, 11) is 1.27. The molecule has 0 aromatic rings. The lowest BCUT2D eigenvalue weighted by Crippen LogP contribution is -2.45. The van der Waals surface area contributed by atoms with E-state index < -0.39 is 5.97 Å². The Balaban J connectivity index is 2.17. The molecular formula is C11H18N2O5. The van der Waals surface area contributed by atoms with Gasteiger partial charge in [-0.3, -0.25) is 14.4 Å². The first-order valence-corrected chi connectivity index (χ1v) is 5.82. The SMILES string of the molecule is COC(=O)CCC(=O)NCC(=O)N1CCOCC1. The molecule has 7 heteroatoms. The summed E-state index contributed by atoms with van der Waals surface area (Å²) in [6.45, 7) is 2.12. The Kier molecular flexibility index (Phi) is 6.13. The fourth-order valence-electron chi connectivity index (χ4n) is 1.50. The van der Waals surface area contributed by atoms with Crippen LogP contribution in [0.15, 0.2) is 0 Å². The molecule has 0 aliphatic carbocycles. The highest BCUT2D eigenvalue weighted by Crippen LogP contribution is 1.97. The zero-order chi connectivity index (χ0) is 13.4. The average Bonchev–Trinajstić information content (AvgIpc) is 2.42. The summed E-state index contributed by atoms with van der Waals surface area (Å²) in [5, 5.41) is 2.48. The molecule has 0 aromatic heterocycles. The first kappa shape index (κ1) is 14.4. The summed E-state index contributed by atoms with van der Waals surface area (Å²) >= 11 is 0. The lowest BCUT2D eigenvalue weighted by molar-refractivity contribution is -0.142. The van der Waals surface area contributed by atoms with E-state index >= 15 is 0 Å². The van der Waals surface area contributed by atoms with Crippen LogP contribution in [0.25, 0.3) is 0 Å². The van der Waals surface area contributed by atoms with Crippen LogP contribution in [0.5, 0.6) is 0 Å². The number of nitrogens with one attached hydrogen (secondary N) is 1. The quantitative estimate of drug-likeness (QED) is 0.634. The summed E-state index contributed by atoms with van der Waals surface area (Å²) in [5.74, 6) is -0.906. The fourth-order valence-corrected chi connectivity index (χ4v) is 1.50. The second-order valence-electron chi connectivity index (χ2n) is 3.85. The summed E-state index contributed by atoms with van der Waals surface area (Å²) < 4.78 is 9.53. The number of rotatable bonds is 5. The first-order valence-electron chi connectivity index (χ1n) is 5.82. The highest BCUT2D eigenvalue weighted by molar-refractivity contribution is 5.86. The lowest BCUT2D eigenvalue weighted by atomic mass is 10.3. The summed E-state index contributed by atoms with van der Waals surface area (Å²) in [4.78, 5) is 35.5. The van der Waals surface area contributed by atoms with Crippen molar-refractivity contribution >= 4 is 17.8 Å². The zero-order valence-electron chi connectivity index (χ0n) is 10.4. The van der Waals surface area contributed by atoms with Crippen LogP contribution in [0.4, 0.5) is 0 Å². The Morgan fingerprint density at radius 2 is 1.89 bits per heavy atom. The van der Waals surface area contributed by atoms with Crippen LogP contribution in [-0.4, -0.2) is 62.6 Å². The molecule has 102 valence electrons. The predicted molar refractivity (Wildman–Crippen MR) is 61.7 cm³/mol. The van der Waals surface area contributed by atoms with Gasteiger partial charge in [-0.15, -0.1) is 0 Å². The minimum Gasteiger partial charge on any atom is -0.469 e. The van der Waals surface area contributed by atoms with Gasteiger partial charge in [0, 0.05) is 19.5 Å². The van der Waals surface area contributed by atoms with Crippen molar-refractivity contribution in [3.05, 3.63) is 0 Å². The van der Waals surface area contributed by atoms with Gasteiger partial charge in [-0.1, -0.05) is 0 Å². The largest absolute Gasteiger partial charge is 0.469 e. The molecule has 7 nitrogen and oxygen atoms in total. The average molecular weight is 258 g/mol. The number of amides is 2. The van der Waals surface area contributed by atoms with Gasteiger partial charge in [0.05, 0.1) is 33.3 Å². The van der Waals surface area contributed by atoms with Crippen molar-refractivity contribution < 1.29 is 23.9 Å². The molecule has 0 unspecified atom stereocenters. The third-order valence-corrected chi connectivity index (χ3v) is 2.58. The number of nitrogens with zero attached hydrogens (tertiary/aromatic N) is 1. The highest BCUT2D eigenvalue weighted by Gasteiger charge is 2.17. The van der Waals surface area contributed by atoms with Gasteiger partial charge < -0.3 is 19.7 Å². The molecule has 1 rings (SSSR count). The molecule has 1 saturated heterocycles. The molecule has 0 bridgehead atoms. The third-order valence-electron chi connectivity index (χ3n) is 2.58. The molecule has 1 heterocycles. The van der Waals surface area contributed by atoms with Gasteiger partial charge in [-0.05, 0) is 0 Å². The van der Waals surface area contributed by atoms with E-state index in [9.17, 15) is 14.4 Å². The molecule has 0 radical (unpaired) electrons. The van der Waals surface area contributed by atoms with Crippen LogP contribution in [-0.2, 0) is 23.9 Å². The molecule has 1 aliphatic rings. The van der Waals surface area contributed by atoms with Crippen LogP contribution in [0, 0.1) is 0 Å². The monoisotopic (exact) mass is 258 g/mol. The number of methoxy groups -OCH3 is 1. The standard InChI is InChI=1S/C11H18N2O5/c1-17-11(16)3-2-9(14)12-8-10(15)13-4-6-18-7-5-13/h2-8H2,1H3,(H,12,14). The summed E-state index contributed by atoms with van der Waals surface area (Å²) in [6.07, 6.45) is 0.0527. The van der Waals surface area contributed by atoms with Crippen LogP contribution in [0.2, 0.25) is 0 Å². The van der Waals surface area contributed by atoms with Gasteiger partial charge in [0.2, 0.25) is 11.8 Å². The van der Waals surface area contributed by atoms with Gasteiger partial charge >= 0.3 is 5.97 Å². The van der Waals surface area contributed by atoms with Crippen molar-refractivity contribution in [2.75, 3.05) is 40.0 Å². The van der Waals surface area contributed by atoms with Crippen LogP contribution >= 0.6 is 0 Å². The number of esters is 1. The maximum atomic E-state index is 11.7. The zero-order valence-corrected chi connectivity index (χ0v) is 10.4. The van der Waals surface area contributed by atoms with Crippen molar-refractivity contribution in [1.82, 2.24) is 10.2 Å². The van der Waals surface area contributed by atoms with Crippen LogP contribution in [0.1, 0.15) is 12.8 Å². The van der Waals surface area contributed by atoms with E-state index in [1.165, 1.54) is 7.11 Å². The number of hydrogen-bond acceptors (Lipinski definition) is 5. The minimum absolute atomic E-state index is 0.0219. The van der Waals surface area contributed by atoms with Crippen molar-refractivity contribution in [1.29, 1.82) is 0 Å². The van der Waals surface area contributed by atoms with Crippen LogP contribution < -0.4 is 5.32 Å². The second-order valence-corrected chi connectivity index (χ2v) is 3.85. The van der Waals surface area contributed by atoms with Crippen LogP contribution in [0.3, 0.4) is 0 Å². The lowest BCUT2D eigenvalue weighted by Gasteiger charge is -2.26. The molecular weight excluding hydrogens is 240 g/mol. The smallest absolute Gasteiger partial charge is 0.306 e. The number of morpholine rings is 1. The Bertz CT molecular complexity index is 313. The van der Waals surface area contributed by atoms with Crippen molar-refractivity contribution in [2.24, 2.45) is 0 Å². The van der Waals surface area contributed by atoms with E-state index in [2.05, 4.69) is 10.1 Å². The van der Waals surface area contributed by atoms with Crippen molar-refractivity contribution in [3.63, 3.8) is 0 Å². The van der Waals surface area contributed by atoms with Gasteiger partial charge in [-0.25, -0.2) is 0 Å². The van der Waals surface area contributed by atoms with E-state index in [-0.39, 0.29) is 31.2 Å². The topological polar surface area (TPSA) is 84.9 Å². The first-order chi connectivity index (χ1) is 8.63. The Hall–Kier alpha value is -1.63. The number of ether oxygens (including phenoxy) is 2. The number of hydrogen-bond donors (Lipinski definition) is 1. The van der Waals surface area contributed by atoms with E-state index in [1.54, 1.807) is 4.90 Å². The Labute approximate surface area is 105 Å². The Morgan fingerprint density at radius 1 is 1.22 bits per heavy atom. The summed E-state index contributed by atoms with van der Waals surface area (Å²) in [6, 6.07) is 0. The van der Waals surface area contributed by atoms with Crippen molar-refractivity contribution in [2.45, 2.75) is 12.8 Å². The molecule has 0 spiro atoms.